The molecule has 1 unspecified atom stereocenters. The zero-order valence-corrected chi connectivity index (χ0v) is 23.7. The lowest BCUT2D eigenvalue weighted by Gasteiger charge is -2.25. The van der Waals surface area contributed by atoms with Crippen molar-refractivity contribution in [3.63, 3.8) is 0 Å². The fraction of sp³-hybridized carbons (Fsp3) is 0.407. The van der Waals surface area contributed by atoms with Crippen LogP contribution in [0.4, 0.5) is 5.69 Å². The van der Waals surface area contributed by atoms with Crippen LogP contribution in [0, 0.1) is 6.92 Å². The molecule has 2 aromatic heterocycles. The van der Waals surface area contributed by atoms with Gasteiger partial charge < -0.3 is 19.5 Å². The quantitative estimate of drug-likeness (QED) is 0.256. The minimum atomic E-state index is -4.12. The molecule has 1 aromatic carbocycles. The molecule has 1 atom stereocenters. The number of aromatic nitrogens is 1. The fourth-order valence-corrected chi connectivity index (χ4v) is 5.96. The molecule has 0 bridgehead atoms. The van der Waals surface area contributed by atoms with Crippen LogP contribution >= 0.6 is 11.6 Å². The van der Waals surface area contributed by atoms with Crippen LogP contribution in [0.5, 0.6) is 0 Å². The lowest BCUT2D eigenvalue weighted by molar-refractivity contribution is -0.140. The highest BCUT2D eigenvalue weighted by Crippen LogP contribution is 2.23. The summed E-state index contributed by atoms with van der Waals surface area (Å²) in [5.74, 6) is 0.233. The molecule has 2 aliphatic heterocycles. The largest absolute Gasteiger partial charge is 0.461 e. The number of nitrogens with one attached hydrogen (secondary N) is 2. The molecule has 2 amide bonds. The summed E-state index contributed by atoms with van der Waals surface area (Å²) in [6, 6.07) is 9.00. The Hall–Kier alpha value is -3.64. The van der Waals surface area contributed by atoms with Crippen molar-refractivity contribution in [2.75, 3.05) is 31.5 Å². The molecule has 4 heterocycles. The number of aryl methyl sites for hydroxylation is 1. The van der Waals surface area contributed by atoms with Crippen molar-refractivity contribution in [1.82, 2.24) is 19.5 Å². The first-order valence-electron chi connectivity index (χ1n) is 13.2. The summed E-state index contributed by atoms with van der Waals surface area (Å²) in [7, 11) is -4.12. The van der Waals surface area contributed by atoms with Crippen molar-refractivity contribution in [3.05, 3.63) is 53.5 Å². The molecule has 2 fully saturated rings. The van der Waals surface area contributed by atoms with E-state index in [2.05, 4.69) is 20.0 Å². The van der Waals surface area contributed by atoms with Crippen molar-refractivity contribution in [1.29, 1.82) is 0 Å². The minimum absolute atomic E-state index is 0.00764. The Morgan fingerprint density at radius 3 is 2.65 bits per heavy atom. The summed E-state index contributed by atoms with van der Waals surface area (Å²) >= 11 is 5.84. The van der Waals surface area contributed by atoms with Crippen molar-refractivity contribution < 1.29 is 22.4 Å². The van der Waals surface area contributed by atoms with Gasteiger partial charge in [0, 0.05) is 36.9 Å². The van der Waals surface area contributed by atoms with Gasteiger partial charge in [0.25, 0.3) is 10.0 Å². The van der Waals surface area contributed by atoms with Gasteiger partial charge in [0.05, 0.1) is 6.54 Å². The number of hydrogen-bond donors (Lipinski definition) is 2. The number of carbonyl (C=O) groups is 2. The number of aliphatic imine (C=N–C) groups is 1. The molecule has 2 N–H and O–H groups in total. The van der Waals surface area contributed by atoms with Gasteiger partial charge in [-0.25, -0.2) is 23.1 Å². The van der Waals surface area contributed by atoms with Crippen molar-refractivity contribution in [2.45, 2.75) is 50.0 Å². The first kappa shape index (κ1) is 27.9. The van der Waals surface area contributed by atoms with Crippen LogP contribution < -0.4 is 10.0 Å². The van der Waals surface area contributed by atoms with Crippen LogP contribution in [0.25, 0.3) is 11.0 Å². The summed E-state index contributed by atoms with van der Waals surface area (Å²) in [6.07, 6.45) is 4.93. The molecule has 0 aliphatic carbocycles. The van der Waals surface area contributed by atoms with E-state index in [1.165, 1.54) is 17.0 Å². The third kappa shape index (κ3) is 6.56. The lowest BCUT2D eigenvalue weighted by atomic mass is 10.1. The highest BCUT2D eigenvalue weighted by molar-refractivity contribution is 7.90. The van der Waals surface area contributed by atoms with Crippen LogP contribution in [0.15, 0.2) is 56.9 Å². The number of amides is 2. The maximum absolute atomic E-state index is 13.5. The number of benzene rings is 1. The number of pyridine rings is 1. The summed E-state index contributed by atoms with van der Waals surface area (Å²) in [6.45, 7) is 3.70. The highest BCUT2D eigenvalue weighted by Gasteiger charge is 2.31. The van der Waals surface area contributed by atoms with Crippen LogP contribution in [-0.4, -0.2) is 73.2 Å². The number of furan rings is 1. The predicted molar refractivity (Wildman–Crippen MR) is 152 cm³/mol. The van der Waals surface area contributed by atoms with Crippen LogP contribution in [0.1, 0.15) is 37.9 Å². The van der Waals surface area contributed by atoms with E-state index in [4.69, 9.17) is 16.0 Å². The third-order valence-corrected chi connectivity index (χ3v) is 8.51. The molecule has 5 rings (SSSR count). The van der Waals surface area contributed by atoms with E-state index in [9.17, 15) is 18.0 Å². The fourth-order valence-electron chi connectivity index (χ4n) is 4.93. The number of sulfonamides is 1. The Kier molecular flexibility index (Phi) is 8.27. The van der Waals surface area contributed by atoms with E-state index in [1.54, 1.807) is 23.1 Å². The highest BCUT2D eigenvalue weighted by atomic mass is 35.5. The number of fused-ring (bicyclic) bond motifs is 1. The Morgan fingerprint density at radius 1 is 1.12 bits per heavy atom. The van der Waals surface area contributed by atoms with Gasteiger partial charge in [-0.3, -0.25) is 9.59 Å². The Bertz CT molecular complexity index is 1530. The molecule has 0 spiro atoms. The molecular formula is C27H31ClN6O5S. The molecule has 2 saturated heterocycles. The molecule has 13 heteroatoms. The number of guanidine groups is 1. The number of anilines is 1. The van der Waals surface area contributed by atoms with Gasteiger partial charge in [0.15, 0.2) is 0 Å². The second-order valence-corrected chi connectivity index (χ2v) is 12.1. The molecule has 0 radical (unpaired) electrons. The zero-order valence-electron chi connectivity index (χ0n) is 22.1. The van der Waals surface area contributed by atoms with Crippen molar-refractivity contribution in [2.24, 2.45) is 4.99 Å². The molecule has 11 nitrogen and oxygen atoms in total. The van der Waals surface area contributed by atoms with Crippen molar-refractivity contribution in [3.8, 4) is 0 Å². The standard InChI is InChI=1S/C27H31ClN6O5S/c1-18-14-19-15-20(7-9-23(19)39-18)30-27(32-40(37,38)21-8-10-24(28)29-16-21)31-22-6-2-3-13-34(26(22)36)17-25(35)33-11-4-5-12-33/h7-10,14-16,22H,2-6,11-13,17H2,1H3,(H2,30,31,32). The topological polar surface area (TPSA) is 137 Å². The maximum atomic E-state index is 13.5. The average molecular weight is 587 g/mol. The summed E-state index contributed by atoms with van der Waals surface area (Å²) in [5.41, 5.74) is 1.23. The van der Waals surface area contributed by atoms with E-state index >= 15 is 0 Å². The Balaban J connectivity index is 1.43. The van der Waals surface area contributed by atoms with E-state index < -0.39 is 16.1 Å². The second-order valence-electron chi connectivity index (χ2n) is 9.99. The number of carbonyl (C=O) groups excluding carboxylic acids is 2. The third-order valence-electron chi connectivity index (χ3n) is 6.97. The molecule has 40 heavy (non-hydrogen) atoms. The summed E-state index contributed by atoms with van der Waals surface area (Å²) in [5, 5.41) is 4.01. The number of likely N-dealkylation sites (tertiary alicyclic amines) is 2. The molecule has 0 saturated carbocycles. The maximum Gasteiger partial charge on any atom is 0.265 e. The van der Waals surface area contributed by atoms with Gasteiger partial charge in [-0.2, -0.15) is 0 Å². The molecule has 212 valence electrons. The molecular weight excluding hydrogens is 556 g/mol. The van der Waals surface area contributed by atoms with Crippen LogP contribution in [0.3, 0.4) is 0 Å². The smallest absolute Gasteiger partial charge is 0.265 e. The van der Waals surface area contributed by atoms with E-state index in [0.717, 1.165) is 36.6 Å². The average Bonchev–Trinajstić information content (AvgIpc) is 3.55. The normalized spacial score (nSPS) is 18.7. The van der Waals surface area contributed by atoms with E-state index in [1.807, 2.05) is 13.0 Å². The second kappa shape index (κ2) is 11.8. The monoisotopic (exact) mass is 586 g/mol. The number of rotatable bonds is 6. The van der Waals surface area contributed by atoms with Crippen molar-refractivity contribution >= 4 is 56.1 Å². The molecule has 3 aromatic rings. The van der Waals surface area contributed by atoms with Gasteiger partial charge in [0.2, 0.25) is 17.8 Å². The lowest BCUT2D eigenvalue weighted by Crippen LogP contribution is -2.45. The summed E-state index contributed by atoms with van der Waals surface area (Å²) in [4.78, 5) is 38.0. The van der Waals surface area contributed by atoms with Gasteiger partial charge in [0.1, 0.15) is 27.4 Å². The zero-order chi connectivity index (χ0) is 28.3. The Labute approximate surface area is 237 Å². The minimum Gasteiger partial charge on any atom is -0.461 e. The van der Waals surface area contributed by atoms with Gasteiger partial charge in [-0.1, -0.05) is 11.6 Å². The van der Waals surface area contributed by atoms with E-state index in [-0.39, 0.29) is 34.4 Å². The van der Waals surface area contributed by atoms with Crippen LogP contribution in [-0.2, 0) is 19.6 Å². The predicted octanol–water partition coefficient (Wildman–Crippen LogP) is 3.54. The Morgan fingerprint density at radius 2 is 1.90 bits per heavy atom. The first-order valence-corrected chi connectivity index (χ1v) is 15.1. The van der Waals surface area contributed by atoms with E-state index in [0.29, 0.717) is 43.7 Å². The van der Waals surface area contributed by atoms with Gasteiger partial charge >= 0.3 is 0 Å². The number of nitrogens with zero attached hydrogens (tertiary/aromatic N) is 4. The number of hydrogen-bond acceptors (Lipinski definition) is 7. The van der Waals surface area contributed by atoms with Gasteiger partial charge in [-0.15, -0.1) is 0 Å². The van der Waals surface area contributed by atoms with Crippen LogP contribution in [0.2, 0.25) is 5.15 Å². The summed E-state index contributed by atoms with van der Waals surface area (Å²) < 4.78 is 34.6. The first-order chi connectivity index (χ1) is 19.2. The SMILES string of the molecule is Cc1cc2cc(NC(=NC3CCCCN(CC(=O)N4CCCC4)C3=O)NS(=O)(=O)c3ccc(Cl)nc3)ccc2o1. The molecule has 2 aliphatic rings. The van der Waals surface area contributed by atoms with Gasteiger partial charge in [-0.05, 0) is 75.4 Å². The number of halogens is 1.